The van der Waals surface area contributed by atoms with Gasteiger partial charge in [-0.2, -0.15) is 0 Å². The summed E-state index contributed by atoms with van der Waals surface area (Å²) in [6.07, 6.45) is 2.24. The molecule has 2 aliphatic rings. The van der Waals surface area contributed by atoms with Gasteiger partial charge >= 0.3 is 0 Å². The molecule has 3 aromatic rings. The lowest BCUT2D eigenvalue weighted by Crippen LogP contribution is -2.36. The number of hydrogen-bond donors (Lipinski definition) is 3. The molecule has 1 fully saturated rings. The molecule has 1 atom stereocenters. The molecule has 0 bridgehead atoms. The van der Waals surface area contributed by atoms with Crippen molar-refractivity contribution in [3.05, 3.63) is 77.4 Å². The number of nitrogens with one attached hydrogen (secondary N) is 2. The predicted molar refractivity (Wildman–Crippen MR) is 137 cm³/mol. The van der Waals surface area contributed by atoms with Crippen molar-refractivity contribution in [2.24, 2.45) is 0 Å². The topological polar surface area (TPSA) is 96.9 Å². The van der Waals surface area contributed by atoms with Crippen LogP contribution in [0, 0.1) is 6.92 Å². The molecule has 3 aromatic carbocycles. The van der Waals surface area contributed by atoms with E-state index in [0.29, 0.717) is 23.5 Å². The van der Waals surface area contributed by atoms with Crippen LogP contribution in [0.4, 0.5) is 5.69 Å². The number of carbonyl (C=O) groups is 2. The molecule has 36 heavy (non-hydrogen) atoms. The fourth-order valence-electron chi connectivity index (χ4n) is 4.57. The highest BCUT2D eigenvalue weighted by atomic mass is 16.7. The molecular formula is C29H30N2O5. The zero-order chi connectivity index (χ0) is 25.3. The molecule has 0 aromatic heterocycles. The summed E-state index contributed by atoms with van der Waals surface area (Å²) in [5.74, 6) is 1.15. The van der Waals surface area contributed by atoms with Gasteiger partial charge in [-0.05, 0) is 84.8 Å². The minimum atomic E-state index is -0.550. The third kappa shape index (κ3) is 4.54. The van der Waals surface area contributed by atoms with E-state index in [0.717, 1.165) is 40.8 Å². The first-order valence-corrected chi connectivity index (χ1v) is 12.3. The molecule has 1 heterocycles. The van der Waals surface area contributed by atoms with Gasteiger partial charge in [-0.1, -0.05) is 31.2 Å². The molecule has 0 unspecified atom stereocenters. The lowest BCUT2D eigenvalue weighted by atomic mass is 9.94. The van der Waals surface area contributed by atoms with Crippen molar-refractivity contribution >= 4 is 17.5 Å². The van der Waals surface area contributed by atoms with Gasteiger partial charge in [0.2, 0.25) is 12.7 Å². The van der Waals surface area contributed by atoms with Gasteiger partial charge < -0.3 is 25.2 Å². The van der Waals surface area contributed by atoms with E-state index in [4.69, 9.17) is 9.47 Å². The van der Waals surface area contributed by atoms with Crippen LogP contribution in [0.5, 0.6) is 11.5 Å². The lowest BCUT2D eigenvalue weighted by Gasteiger charge is -2.17. The molecule has 0 saturated heterocycles. The Balaban J connectivity index is 1.32. The van der Waals surface area contributed by atoms with Gasteiger partial charge in [-0.3, -0.25) is 9.59 Å². The van der Waals surface area contributed by atoms with Crippen molar-refractivity contribution in [1.82, 2.24) is 5.32 Å². The molecule has 5 rings (SSSR count). The van der Waals surface area contributed by atoms with Gasteiger partial charge in [-0.15, -0.1) is 0 Å². The summed E-state index contributed by atoms with van der Waals surface area (Å²) in [5, 5.41) is 15.3. The van der Waals surface area contributed by atoms with Gasteiger partial charge in [0.15, 0.2) is 11.5 Å². The van der Waals surface area contributed by atoms with Crippen LogP contribution in [0.3, 0.4) is 0 Å². The van der Waals surface area contributed by atoms with Crippen LogP contribution in [-0.2, 0) is 10.2 Å². The molecule has 0 radical (unpaired) electrons. The first kappa shape index (κ1) is 23.9. The average Bonchev–Trinajstić information content (AvgIpc) is 3.59. The lowest BCUT2D eigenvalue weighted by molar-refractivity contribution is -0.118. The maximum atomic E-state index is 13.3. The summed E-state index contributed by atoms with van der Waals surface area (Å²) >= 11 is 0. The third-order valence-corrected chi connectivity index (χ3v) is 7.11. The Morgan fingerprint density at radius 3 is 2.44 bits per heavy atom. The number of hydrogen-bond acceptors (Lipinski definition) is 5. The summed E-state index contributed by atoms with van der Waals surface area (Å²) in [5.41, 5.74) is 4.65. The first-order chi connectivity index (χ1) is 17.4. The zero-order valence-electron chi connectivity index (χ0n) is 20.5. The molecule has 186 valence electrons. The van der Waals surface area contributed by atoms with Crippen molar-refractivity contribution in [3.63, 3.8) is 0 Å². The SMILES string of the molecule is CC[C@H](CO)NC(=O)c1ccc(-c2cc(NC(=O)C3(c4ccc5c(c4)OCO5)CC3)ccc2C)cc1. The van der Waals surface area contributed by atoms with Crippen LogP contribution >= 0.6 is 0 Å². The highest BCUT2D eigenvalue weighted by Gasteiger charge is 2.51. The predicted octanol–water partition coefficient (Wildman–Crippen LogP) is 4.56. The van der Waals surface area contributed by atoms with Crippen LogP contribution in [-0.4, -0.2) is 36.4 Å². The van der Waals surface area contributed by atoms with Crippen LogP contribution in [0.2, 0.25) is 0 Å². The number of ether oxygens (including phenoxy) is 2. The fraction of sp³-hybridized carbons (Fsp3) is 0.310. The summed E-state index contributed by atoms with van der Waals surface area (Å²) in [6, 6.07) is 18.7. The molecule has 1 aliphatic carbocycles. The third-order valence-electron chi connectivity index (χ3n) is 7.11. The number of amides is 2. The normalized spacial score (nSPS) is 15.8. The quantitative estimate of drug-likeness (QED) is 0.434. The minimum Gasteiger partial charge on any atom is -0.454 e. The number of aryl methyl sites for hydroxylation is 1. The van der Waals surface area contributed by atoms with E-state index in [2.05, 4.69) is 10.6 Å². The van der Waals surface area contributed by atoms with Gasteiger partial charge in [0.1, 0.15) is 0 Å². The smallest absolute Gasteiger partial charge is 0.251 e. The van der Waals surface area contributed by atoms with Crippen molar-refractivity contribution in [3.8, 4) is 22.6 Å². The maximum Gasteiger partial charge on any atom is 0.251 e. The van der Waals surface area contributed by atoms with Gasteiger partial charge in [0.05, 0.1) is 18.1 Å². The van der Waals surface area contributed by atoms with Crippen molar-refractivity contribution in [1.29, 1.82) is 0 Å². The molecule has 7 nitrogen and oxygen atoms in total. The van der Waals surface area contributed by atoms with E-state index in [1.165, 1.54) is 0 Å². The van der Waals surface area contributed by atoms with Crippen LogP contribution in [0.15, 0.2) is 60.7 Å². The molecule has 7 heteroatoms. The molecular weight excluding hydrogens is 456 g/mol. The number of benzene rings is 3. The molecule has 1 saturated carbocycles. The van der Waals surface area contributed by atoms with Crippen LogP contribution < -0.4 is 20.1 Å². The molecule has 3 N–H and O–H groups in total. The number of carbonyl (C=O) groups excluding carboxylic acids is 2. The number of anilines is 1. The summed E-state index contributed by atoms with van der Waals surface area (Å²) < 4.78 is 10.9. The number of fused-ring (bicyclic) bond motifs is 1. The van der Waals surface area contributed by atoms with Gasteiger partial charge in [-0.25, -0.2) is 0 Å². The van der Waals surface area contributed by atoms with E-state index < -0.39 is 5.41 Å². The number of aliphatic hydroxyl groups excluding tert-OH is 1. The molecule has 1 aliphatic heterocycles. The Labute approximate surface area is 210 Å². The largest absolute Gasteiger partial charge is 0.454 e. The number of rotatable bonds is 8. The van der Waals surface area contributed by atoms with E-state index in [9.17, 15) is 14.7 Å². The van der Waals surface area contributed by atoms with Gasteiger partial charge in [0.25, 0.3) is 5.91 Å². The average molecular weight is 487 g/mol. The monoisotopic (exact) mass is 486 g/mol. The van der Waals surface area contributed by atoms with Crippen molar-refractivity contribution < 1.29 is 24.2 Å². The number of aliphatic hydroxyl groups is 1. The Kier molecular flexibility index (Phi) is 6.41. The van der Waals surface area contributed by atoms with E-state index in [1.54, 1.807) is 12.1 Å². The second-order valence-electron chi connectivity index (χ2n) is 9.47. The Morgan fingerprint density at radius 2 is 1.75 bits per heavy atom. The maximum absolute atomic E-state index is 13.3. The standard InChI is InChI=1S/C29H30N2O5/c1-3-22(16-32)30-27(33)20-7-5-19(6-8-20)24-15-23(10-4-18(24)2)31-28(34)29(12-13-29)21-9-11-25-26(14-21)36-17-35-25/h4-11,14-15,22,32H,3,12-13,16-17H2,1-2H3,(H,30,33)(H,31,34)/t22-/m1/s1. The highest BCUT2D eigenvalue weighted by Crippen LogP contribution is 2.51. The first-order valence-electron chi connectivity index (χ1n) is 12.3. The Morgan fingerprint density at radius 1 is 1.00 bits per heavy atom. The molecule has 0 spiro atoms. The second kappa shape index (κ2) is 9.66. The van der Waals surface area contributed by atoms with Crippen molar-refractivity contribution in [2.45, 2.75) is 44.6 Å². The second-order valence-corrected chi connectivity index (χ2v) is 9.47. The minimum absolute atomic E-state index is 0.0300. The summed E-state index contributed by atoms with van der Waals surface area (Å²) in [7, 11) is 0. The summed E-state index contributed by atoms with van der Waals surface area (Å²) in [6.45, 7) is 4.05. The van der Waals surface area contributed by atoms with Crippen LogP contribution in [0.25, 0.3) is 11.1 Å². The molecule has 2 amide bonds. The van der Waals surface area contributed by atoms with E-state index in [1.807, 2.05) is 62.4 Å². The highest BCUT2D eigenvalue weighted by molar-refractivity contribution is 6.02. The Hall–Kier alpha value is -3.84. The van der Waals surface area contributed by atoms with Gasteiger partial charge in [0, 0.05) is 11.3 Å². The van der Waals surface area contributed by atoms with E-state index in [-0.39, 0.29) is 31.3 Å². The van der Waals surface area contributed by atoms with Crippen molar-refractivity contribution in [2.75, 3.05) is 18.7 Å². The fourth-order valence-corrected chi connectivity index (χ4v) is 4.57. The Bertz CT molecular complexity index is 1290. The van der Waals surface area contributed by atoms with E-state index >= 15 is 0 Å². The zero-order valence-corrected chi connectivity index (χ0v) is 20.5. The summed E-state index contributed by atoms with van der Waals surface area (Å²) in [4.78, 5) is 25.8. The van der Waals surface area contributed by atoms with Crippen LogP contribution in [0.1, 0.15) is 47.7 Å².